The van der Waals surface area contributed by atoms with Crippen LogP contribution in [0.5, 0.6) is 0 Å². The van der Waals surface area contributed by atoms with Crippen LogP contribution in [0.25, 0.3) is 0 Å². The van der Waals surface area contributed by atoms with E-state index in [2.05, 4.69) is 11.1 Å². The minimum Gasteiger partial charge on any atom is -0.328 e. The zero-order valence-corrected chi connectivity index (χ0v) is 17.4. The third-order valence-electron chi connectivity index (χ3n) is 5.27. The molecular weight excluding hydrogens is 412 g/mol. The Hall–Kier alpha value is -3.69. The van der Waals surface area contributed by atoms with Gasteiger partial charge in [0.1, 0.15) is 0 Å². The molecule has 2 heterocycles. The van der Waals surface area contributed by atoms with Gasteiger partial charge in [0.2, 0.25) is 0 Å². The van der Waals surface area contributed by atoms with E-state index in [0.29, 0.717) is 42.3 Å². The second-order valence-electron chi connectivity index (χ2n) is 7.29. The number of aromatic nitrogens is 1. The van der Waals surface area contributed by atoms with E-state index in [1.165, 1.54) is 4.90 Å². The van der Waals surface area contributed by atoms with Crippen LogP contribution in [-0.2, 0) is 22.6 Å². The average molecular weight is 431 g/mol. The average Bonchev–Trinajstić information content (AvgIpc) is 2.79. The van der Waals surface area contributed by atoms with E-state index in [0.717, 1.165) is 16.7 Å². The smallest absolute Gasteiger partial charge is 0.316 e. The van der Waals surface area contributed by atoms with Crippen molar-refractivity contribution in [3.8, 4) is 6.07 Å². The molecule has 0 saturated carbocycles. The summed E-state index contributed by atoms with van der Waals surface area (Å²) in [7, 11) is 0. The first kappa shape index (κ1) is 20.6. The lowest BCUT2D eigenvalue weighted by Crippen LogP contribution is -2.54. The molecule has 6 nitrogen and oxygen atoms in total. The van der Waals surface area contributed by atoms with Crippen LogP contribution in [0.4, 0.5) is 5.69 Å². The fraction of sp³-hybridized carbons (Fsp3) is 0.167. The van der Waals surface area contributed by atoms with Gasteiger partial charge in [-0.1, -0.05) is 29.8 Å². The molecule has 7 heteroatoms. The van der Waals surface area contributed by atoms with Crippen molar-refractivity contribution < 1.29 is 9.59 Å². The van der Waals surface area contributed by atoms with E-state index < -0.39 is 11.8 Å². The molecule has 0 unspecified atom stereocenters. The second kappa shape index (κ2) is 8.99. The summed E-state index contributed by atoms with van der Waals surface area (Å²) in [5, 5.41) is 9.48. The summed E-state index contributed by atoms with van der Waals surface area (Å²) in [6, 6.07) is 18.3. The van der Waals surface area contributed by atoms with Gasteiger partial charge in [0.25, 0.3) is 0 Å². The largest absolute Gasteiger partial charge is 0.328 e. The van der Waals surface area contributed by atoms with Crippen LogP contribution in [0, 0.1) is 11.3 Å². The van der Waals surface area contributed by atoms with Crippen LogP contribution in [0.15, 0.2) is 67.0 Å². The maximum absolute atomic E-state index is 12.8. The molecule has 0 atom stereocenters. The third-order valence-corrected chi connectivity index (χ3v) is 5.51. The quantitative estimate of drug-likeness (QED) is 0.580. The Morgan fingerprint density at radius 3 is 2.55 bits per heavy atom. The van der Waals surface area contributed by atoms with Gasteiger partial charge in [-0.3, -0.25) is 14.6 Å². The van der Waals surface area contributed by atoms with Gasteiger partial charge in [0.15, 0.2) is 0 Å². The summed E-state index contributed by atoms with van der Waals surface area (Å²) >= 11 is 6.03. The number of anilines is 1. The molecule has 1 fully saturated rings. The number of nitrogens with zero attached hydrogens (tertiary/aromatic N) is 4. The van der Waals surface area contributed by atoms with Crippen molar-refractivity contribution in [2.75, 3.05) is 18.0 Å². The van der Waals surface area contributed by atoms with E-state index in [4.69, 9.17) is 16.9 Å². The van der Waals surface area contributed by atoms with Crippen molar-refractivity contribution in [3.05, 3.63) is 94.3 Å². The molecule has 0 N–H and O–H groups in total. The lowest BCUT2D eigenvalue weighted by atomic mass is 10.0. The van der Waals surface area contributed by atoms with E-state index >= 15 is 0 Å². The fourth-order valence-electron chi connectivity index (χ4n) is 3.61. The molecule has 1 aliphatic heterocycles. The molecule has 0 spiro atoms. The molecule has 3 aromatic rings. The van der Waals surface area contributed by atoms with Gasteiger partial charge in [-0.15, -0.1) is 0 Å². The van der Waals surface area contributed by atoms with Gasteiger partial charge in [-0.2, -0.15) is 5.26 Å². The van der Waals surface area contributed by atoms with Gasteiger partial charge in [0, 0.05) is 42.7 Å². The van der Waals surface area contributed by atoms with Crippen molar-refractivity contribution in [1.29, 1.82) is 5.26 Å². The molecular formula is C24H19ClN4O2. The van der Waals surface area contributed by atoms with Crippen molar-refractivity contribution >= 4 is 29.1 Å². The zero-order valence-electron chi connectivity index (χ0n) is 16.7. The predicted molar refractivity (Wildman–Crippen MR) is 117 cm³/mol. The topological polar surface area (TPSA) is 77.3 Å². The number of carbonyl (C=O) groups excluding carboxylic acids is 2. The highest BCUT2D eigenvalue weighted by Gasteiger charge is 2.33. The van der Waals surface area contributed by atoms with Crippen molar-refractivity contribution in [2.45, 2.75) is 13.0 Å². The highest BCUT2D eigenvalue weighted by Crippen LogP contribution is 2.23. The molecule has 0 bridgehead atoms. The lowest BCUT2D eigenvalue weighted by Gasteiger charge is -2.34. The summed E-state index contributed by atoms with van der Waals surface area (Å²) in [4.78, 5) is 32.8. The van der Waals surface area contributed by atoms with Crippen LogP contribution in [-0.4, -0.2) is 34.8 Å². The third kappa shape index (κ3) is 4.57. The first-order chi connectivity index (χ1) is 15.0. The van der Waals surface area contributed by atoms with Crippen LogP contribution >= 0.6 is 11.6 Å². The first-order valence-corrected chi connectivity index (χ1v) is 10.2. The SMILES string of the molecule is N#Cc1ccc(Cc2cnccc2CN2CCN(c3cccc(Cl)c3)C(=O)C2=O)cc1. The summed E-state index contributed by atoms with van der Waals surface area (Å²) in [6.07, 6.45) is 4.09. The predicted octanol–water partition coefficient (Wildman–Crippen LogP) is 3.57. The number of amides is 2. The Kier molecular flexibility index (Phi) is 5.96. The van der Waals surface area contributed by atoms with Gasteiger partial charge in [-0.05, 0) is 59.5 Å². The van der Waals surface area contributed by atoms with Crippen molar-refractivity contribution in [2.24, 2.45) is 0 Å². The number of nitriles is 1. The highest BCUT2D eigenvalue weighted by molar-refractivity contribution is 6.41. The second-order valence-corrected chi connectivity index (χ2v) is 7.73. The summed E-state index contributed by atoms with van der Waals surface area (Å²) in [5.41, 5.74) is 4.19. The Morgan fingerprint density at radius 1 is 1.00 bits per heavy atom. The summed E-state index contributed by atoms with van der Waals surface area (Å²) in [6.45, 7) is 1.17. The maximum atomic E-state index is 12.8. The van der Waals surface area contributed by atoms with E-state index in [1.807, 2.05) is 18.2 Å². The molecule has 1 aliphatic rings. The monoisotopic (exact) mass is 430 g/mol. The van der Waals surface area contributed by atoms with E-state index in [-0.39, 0.29) is 0 Å². The van der Waals surface area contributed by atoms with Crippen LogP contribution < -0.4 is 4.90 Å². The normalized spacial score (nSPS) is 13.9. The van der Waals surface area contributed by atoms with E-state index in [9.17, 15) is 9.59 Å². The Bertz CT molecular complexity index is 1170. The Morgan fingerprint density at radius 2 is 1.81 bits per heavy atom. The molecule has 2 aromatic carbocycles. The molecule has 1 aromatic heterocycles. The molecule has 1 saturated heterocycles. The van der Waals surface area contributed by atoms with Crippen molar-refractivity contribution in [3.63, 3.8) is 0 Å². The Labute approximate surface area is 185 Å². The molecule has 4 rings (SSSR count). The van der Waals surface area contributed by atoms with Gasteiger partial charge in [-0.25, -0.2) is 0 Å². The minimum atomic E-state index is -0.559. The number of pyridine rings is 1. The molecule has 0 radical (unpaired) electrons. The molecule has 154 valence electrons. The number of carbonyl (C=O) groups is 2. The van der Waals surface area contributed by atoms with Gasteiger partial charge < -0.3 is 9.80 Å². The number of hydrogen-bond donors (Lipinski definition) is 0. The molecule has 2 amide bonds. The number of halogens is 1. The zero-order chi connectivity index (χ0) is 21.8. The van der Waals surface area contributed by atoms with Crippen molar-refractivity contribution in [1.82, 2.24) is 9.88 Å². The molecule has 0 aliphatic carbocycles. The number of benzene rings is 2. The first-order valence-electron chi connectivity index (χ1n) is 9.82. The fourth-order valence-corrected chi connectivity index (χ4v) is 3.79. The highest BCUT2D eigenvalue weighted by atomic mass is 35.5. The summed E-state index contributed by atoms with van der Waals surface area (Å²) < 4.78 is 0. The van der Waals surface area contributed by atoms with Crippen LogP contribution in [0.1, 0.15) is 22.3 Å². The number of piperazine rings is 1. The number of hydrogen-bond acceptors (Lipinski definition) is 4. The van der Waals surface area contributed by atoms with E-state index in [1.54, 1.807) is 53.7 Å². The lowest BCUT2D eigenvalue weighted by molar-refractivity contribution is -0.146. The van der Waals surface area contributed by atoms with Gasteiger partial charge >= 0.3 is 11.8 Å². The van der Waals surface area contributed by atoms with Crippen LogP contribution in [0.2, 0.25) is 5.02 Å². The minimum absolute atomic E-state index is 0.335. The van der Waals surface area contributed by atoms with Crippen LogP contribution in [0.3, 0.4) is 0 Å². The standard InChI is InChI=1S/C24H19ClN4O2/c25-21-2-1-3-22(13-21)29-11-10-28(23(30)24(29)31)16-19-8-9-27-15-20(19)12-17-4-6-18(14-26)7-5-17/h1-9,13,15H,10-12,16H2. The number of rotatable bonds is 5. The molecule has 31 heavy (non-hydrogen) atoms. The summed E-state index contributed by atoms with van der Waals surface area (Å²) in [5.74, 6) is -1.09. The maximum Gasteiger partial charge on any atom is 0.316 e. The Balaban J connectivity index is 1.49. The van der Waals surface area contributed by atoms with Gasteiger partial charge in [0.05, 0.1) is 11.6 Å².